The van der Waals surface area contributed by atoms with Gasteiger partial charge in [-0.2, -0.15) is 10.2 Å². The number of hydrogen-bond acceptors (Lipinski definition) is 4. The highest BCUT2D eigenvalue weighted by Crippen LogP contribution is 2.26. The molecule has 0 aliphatic rings. The summed E-state index contributed by atoms with van der Waals surface area (Å²) < 4.78 is 16.6. The molecule has 0 saturated heterocycles. The Labute approximate surface area is 173 Å². The van der Waals surface area contributed by atoms with E-state index in [0.29, 0.717) is 22.9 Å². The topological polar surface area (TPSA) is 77.6 Å². The molecule has 8 heteroatoms. The second-order valence-corrected chi connectivity index (χ2v) is 7.86. The van der Waals surface area contributed by atoms with Crippen molar-refractivity contribution < 1.29 is 9.18 Å². The van der Waals surface area contributed by atoms with Gasteiger partial charge in [0.1, 0.15) is 11.6 Å². The van der Waals surface area contributed by atoms with Crippen LogP contribution in [-0.2, 0) is 5.41 Å². The molecule has 0 spiro atoms. The molecule has 0 unspecified atom stereocenters. The highest BCUT2D eigenvalue weighted by Gasteiger charge is 2.22. The number of nitrogens with zero attached hydrogens (tertiary/aromatic N) is 5. The number of carbonyl (C=O) groups is 1. The first-order chi connectivity index (χ1) is 14.3. The summed E-state index contributed by atoms with van der Waals surface area (Å²) in [5, 5.41) is 11.6. The van der Waals surface area contributed by atoms with E-state index in [1.165, 1.54) is 18.3 Å². The van der Waals surface area contributed by atoms with Gasteiger partial charge < -0.3 is 5.32 Å². The zero-order valence-corrected chi connectivity index (χ0v) is 16.9. The molecule has 1 aromatic carbocycles. The van der Waals surface area contributed by atoms with Gasteiger partial charge in [-0.3, -0.25) is 4.79 Å². The van der Waals surface area contributed by atoms with Crippen molar-refractivity contribution in [2.45, 2.75) is 26.2 Å². The van der Waals surface area contributed by atoms with Crippen molar-refractivity contribution in [1.82, 2.24) is 24.5 Å². The third kappa shape index (κ3) is 3.98. The largest absolute Gasteiger partial charge is 0.306 e. The smallest absolute Gasteiger partial charge is 0.258 e. The fraction of sp³-hybridized carbons (Fsp3) is 0.182. The van der Waals surface area contributed by atoms with Crippen LogP contribution in [0.15, 0.2) is 67.1 Å². The standard InChI is InChI=1S/C22H21FN6O/c1-22(2,3)18-13-20(29(27-18)17-8-6-16(23)7-9-17)26-21(30)15-5-10-19(24-14-15)28-12-4-11-25-28/h4-14H,1-3H3,(H,26,30). The first-order valence-corrected chi connectivity index (χ1v) is 9.45. The van der Waals surface area contributed by atoms with Crippen molar-refractivity contribution in [3.05, 3.63) is 84.2 Å². The Hall–Kier alpha value is -3.81. The van der Waals surface area contributed by atoms with E-state index in [1.54, 1.807) is 52.1 Å². The highest BCUT2D eigenvalue weighted by molar-refractivity contribution is 6.03. The first-order valence-electron chi connectivity index (χ1n) is 9.45. The van der Waals surface area contributed by atoms with Crippen LogP contribution in [0.1, 0.15) is 36.8 Å². The van der Waals surface area contributed by atoms with Gasteiger partial charge in [-0.15, -0.1) is 0 Å². The Balaban J connectivity index is 1.63. The van der Waals surface area contributed by atoms with Crippen LogP contribution in [0.3, 0.4) is 0 Å². The number of hydrogen-bond donors (Lipinski definition) is 1. The SMILES string of the molecule is CC(C)(C)c1cc(NC(=O)c2ccc(-n3cccn3)nc2)n(-c2ccc(F)cc2)n1. The monoisotopic (exact) mass is 404 g/mol. The Morgan fingerprint density at radius 2 is 1.87 bits per heavy atom. The maximum atomic E-state index is 13.4. The Morgan fingerprint density at radius 3 is 2.47 bits per heavy atom. The van der Waals surface area contributed by atoms with E-state index in [9.17, 15) is 9.18 Å². The molecule has 0 aliphatic carbocycles. The number of halogens is 1. The number of benzene rings is 1. The van der Waals surface area contributed by atoms with Crippen molar-refractivity contribution in [3.63, 3.8) is 0 Å². The van der Waals surface area contributed by atoms with Crippen LogP contribution in [-0.4, -0.2) is 30.5 Å². The third-order valence-electron chi connectivity index (χ3n) is 4.54. The fourth-order valence-electron chi connectivity index (χ4n) is 2.86. The lowest BCUT2D eigenvalue weighted by Gasteiger charge is -2.14. The average Bonchev–Trinajstić information content (AvgIpc) is 3.39. The van der Waals surface area contributed by atoms with Gasteiger partial charge in [0, 0.05) is 30.1 Å². The lowest BCUT2D eigenvalue weighted by molar-refractivity contribution is 0.102. The fourth-order valence-corrected chi connectivity index (χ4v) is 2.86. The summed E-state index contributed by atoms with van der Waals surface area (Å²) in [7, 11) is 0. The number of pyridine rings is 1. The van der Waals surface area contributed by atoms with Crippen LogP contribution in [0, 0.1) is 5.82 Å². The summed E-state index contributed by atoms with van der Waals surface area (Å²) in [4.78, 5) is 17.1. The molecule has 4 aromatic rings. The maximum absolute atomic E-state index is 13.4. The molecule has 7 nitrogen and oxygen atoms in total. The van der Waals surface area contributed by atoms with Crippen LogP contribution in [0.25, 0.3) is 11.5 Å². The molecular weight excluding hydrogens is 383 g/mol. The molecule has 1 N–H and O–H groups in total. The van der Waals surface area contributed by atoms with Gasteiger partial charge in [-0.05, 0) is 42.5 Å². The second-order valence-electron chi connectivity index (χ2n) is 7.86. The highest BCUT2D eigenvalue weighted by atomic mass is 19.1. The molecule has 3 aromatic heterocycles. The number of aromatic nitrogens is 5. The van der Waals surface area contributed by atoms with Crippen LogP contribution < -0.4 is 5.32 Å². The molecule has 4 rings (SSSR count). The van der Waals surface area contributed by atoms with E-state index in [-0.39, 0.29) is 17.1 Å². The van der Waals surface area contributed by atoms with Crippen molar-refractivity contribution in [2.75, 3.05) is 5.32 Å². The molecule has 1 amide bonds. The Morgan fingerprint density at radius 1 is 1.10 bits per heavy atom. The second kappa shape index (κ2) is 7.55. The van der Waals surface area contributed by atoms with Gasteiger partial charge in [0.2, 0.25) is 0 Å². The normalized spacial score (nSPS) is 11.5. The first kappa shape index (κ1) is 19.5. The minimum Gasteiger partial charge on any atom is -0.306 e. The maximum Gasteiger partial charge on any atom is 0.258 e. The molecule has 30 heavy (non-hydrogen) atoms. The van der Waals surface area contributed by atoms with Gasteiger partial charge >= 0.3 is 0 Å². The van der Waals surface area contributed by atoms with Crippen LogP contribution in [0.4, 0.5) is 10.2 Å². The minimum atomic E-state index is -0.337. The van der Waals surface area contributed by atoms with Crippen molar-refractivity contribution in [2.24, 2.45) is 0 Å². The van der Waals surface area contributed by atoms with Gasteiger partial charge in [0.15, 0.2) is 5.82 Å². The molecule has 0 aliphatic heterocycles. The number of rotatable bonds is 4. The predicted octanol–water partition coefficient (Wildman–Crippen LogP) is 4.14. The van der Waals surface area contributed by atoms with Crippen LogP contribution >= 0.6 is 0 Å². The molecule has 0 saturated carbocycles. The third-order valence-corrected chi connectivity index (χ3v) is 4.54. The predicted molar refractivity (Wildman–Crippen MR) is 112 cm³/mol. The lowest BCUT2D eigenvalue weighted by Crippen LogP contribution is -2.15. The molecule has 0 atom stereocenters. The van der Waals surface area contributed by atoms with E-state index in [0.717, 1.165) is 5.69 Å². The van der Waals surface area contributed by atoms with Gasteiger partial charge in [0.05, 0.1) is 16.9 Å². The summed E-state index contributed by atoms with van der Waals surface area (Å²) >= 11 is 0. The Kier molecular flexibility index (Phi) is 4.91. The zero-order chi connectivity index (χ0) is 21.3. The Bertz CT molecular complexity index is 1160. The number of anilines is 1. The minimum absolute atomic E-state index is 0.224. The molecule has 152 valence electrons. The molecule has 0 fully saturated rings. The quantitative estimate of drug-likeness (QED) is 0.555. The van der Waals surface area contributed by atoms with Crippen LogP contribution in [0.5, 0.6) is 0 Å². The van der Waals surface area contributed by atoms with Crippen molar-refractivity contribution in [1.29, 1.82) is 0 Å². The van der Waals surface area contributed by atoms with E-state index in [2.05, 4.69) is 20.5 Å². The van der Waals surface area contributed by atoms with E-state index in [1.807, 2.05) is 26.8 Å². The van der Waals surface area contributed by atoms with E-state index < -0.39 is 0 Å². The summed E-state index contributed by atoms with van der Waals surface area (Å²) in [6, 6.07) is 13.0. The van der Waals surface area contributed by atoms with E-state index in [4.69, 9.17) is 0 Å². The summed E-state index contributed by atoms with van der Waals surface area (Å²) in [6.45, 7) is 6.11. The zero-order valence-electron chi connectivity index (χ0n) is 16.9. The van der Waals surface area contributed by atoms with Crippen molar-refractivity contribution >= 4 is 11.7 Å². The van der Waals surface area contributed by atoms with Crippen LogP contribution in [0.2, 0.25) is 0 Å². The number of amides is 1. The van der Waals surface area contributed by atoms with Gasteiger partial charge in [-0.1, -0.05) is 20.8 Å². The number of nitrogens with one attached hydrogen (secondary N) is 1. The summed E-state index contributed by atoms with van der Waals surface area (Å²) in [5.74, 6) is 0.449. The summed E-state index contributed by atoms with van der Waals surface area (Å²) in [5.41, 5.74) is 1.62. The van der Waals surface area contributed by atoms with E-state index >= 15 is 0 Å². The van der Waals surface area contributed by atoms with Gasteiger partial charge in [-0.25, -0.2) is 18.7 Å². The number of carbonyl (C=O) groups excluding carboxylic acids is 1. The van der Waals surface area contributed by atoms with Crippen molar-refractivity contribution in [3.8, 4) is 11.5 Å². The summed E-state index contributed by atoms with van der Waals surface area (Å²) in [6.07, 6.45) is 4.93. The van der Waals surface area contributed by atoms with Gasteiger partial charge in [0.25, 0.3) is 5.91 Å². The molecule has 0 bridgehead atoms. The molecular formula is C22H21FN6O. The average molecular weight is 404 g/mol. The lowest BCUT2D eigenvalue weighted by atomic mass is 9.92. The molecule has 3 heterocycles. The molecule has 0 radical (unpaired) electrons.